The summed E-state index contributed by atoms with van der Waals surface area (Å²) in [4.78, 5) is 0. The molecule has 0 nitrogen and oxygen atoms in total. The van der Waals surface area contributed by atoms with E-state index in [1.165, 1.54) is 0 Å². The van der Waals surface area contributed by atoms with Crippen LogP contribution in [0.5, 0.6) is 0 Å². The zero-order chi connectivity index (χ0) is 8.77. The van der Waals surface area contributed by atoms with Gasteiger partial charge in [0.2, 0.25) is 0 Å². The van der Waals surface area contributed by atoms with Crippen LogP contribution in [0.3, 0.4) is 0 Å². The molecule has 0 bridgehead atoms. The second-order valence-electron chi connectivity index (χ2n) is 2.63. The number of benzene rings is 1. The average molecular weight is 219 g/mol. The topological polar surface area (TPSA) is 0 Å². The maximum atomic E-state index is 5.85. The first-order valence-corrected chi connectivity index (χ1v) is 4.61. The molecule has 62 valence electrons. The highest BCUT2D eigenvalue weighted by atomic mass is 35.5. The Balaban J connectivity index is 2.37. The minimum Gasteiger partial charge on any atom is -0.0898 e. The predicted octanol–water partition coefficient (Wildman–Crippen LogP) is 3.82. The SMILES string of the molecule is ClC1=C(c2ccccc2)C1(Cl)Cl. The van der Waals surface area contributed by atoms with Crippen molar-refractivity contribution in [1.82, 2.24) is 0 Å². The molecule has 0 heterocycles. The maximum absolute atomic E-state index is 5.85. The van der Waals surface area contributed by atoms with Gasteiger partial charge in [0.05, 0.1) is 5.03 Å². The second kappa shape index (κ2) is 2.66. The number of rotatable bonds is 1. The van der Waals surface area contributed by atoms with E-state index in [1.807, 2.05) is 30.3 Å². The van der Waals surface area contributed by atoms with Crippen LogP contribution in [0.1, 0.15) is 5.56 Å². The van der Waals surface area contributed by atoms with E-state index in [-0.39, 0.29) is 0 Å². The predicted molar refractivity (Wildman–Crippen MR) is 53.7 cm³/mol. The molecule has 0 unspecified atom stereocenters. The molecule has 2 rings (SSSR count). The fraction of sp³-hybridized carbons (Fsp3) is 0.111. The third kappa shape index (κ3) is 1.15. The van der Waals surface area contributed by atoms with E-state index in [4.69, 9.17) is 34.8 Å². The van der Waals surface area contributed by atoms with Gasteiger partial charge in [-0.05, 0) is 5.56 Å². The standard InChI is InChI=1S/C9H5Cl3/c10-8-7(9(8,11)12)6-4-2-1-3-5-6/h1-5H. The summed E-state index contributed by atoms with van der Waals surface area (Å²) < 4.78 is -0.928. The van der Waals surface area contributed by atoms with Crippen molar-refractivity contribution in [3.8, 4) is 0 Å². The molecule has 3 heteroatoms. The van der Waals surface area contributed by atoms with Crippen molar-refractivity contribution >= 4 is 40.4 Å². The van der Waals surface area contributed by atoms with E-state index in [1.54, 1.807) is 0 Å². The van der Waals surface area contributed by atoms with Crippen molar-refractivity contribution in [2.75, 3.05) is 0 Å². The molecule has 0 atom stereocenters. The van der Waals surface area contributed by atoms with Gasteiger partial charge in [0.1, 0.15) is 0 Å². The van der Waals surface area contributed by atoms with Gasteiger partial charge >= 0.3 is 0 Å². The molecule has 0 radical (unpaired) electrons. The molecule has 1 aromatic rings. The lowest BCUT2D eigenvalue weighted by atomic mass is 10.2. The van der Waals surface area contributed by atoms with Gasteiger partial charge in [0.15, 0.2) is 4.33 Å². The Bertz CT molecular complexity index is 338. The van der Waals surface area contributed by atoms with Crippen LogP contribution in [0, 0.1) is 0 Å². The summed E-state index contributed by atoms with van der Waals surface area (Å²) in [7, 11) is 0. The Hall–Kier alpha value is -0.170. The quantitative estimate of drug-likeness (QED) is 0.630. The van der Waals surface area contributed by atoms with Crippen molar-refractivity contribution in [3.05, 3.63) is 40.9 Å². The van der Waals surface area contributed by atoms with E-state index >= 15 is 0 Å². The molecule has 0 fully saturated rings. The summed E-state index contributed by atoms with van der Waals surface area (Å²) in [5.41, 5.74) is 1.82. The smallest absolute Gasteiger partial charge is 0.0898 e. The molecular formula is C9H5Cl3. The van der Waals surface area contributed by atoms with Crippen molar-refractivity contribution < 1.29 is 0 Å². The third-order valence-electron chi connectivity index (χ3n) is 1.81. The molecule has 0 aromatic heterocycles. The number of allylic oxidation sites excluding steroid dienone is 2. The van der Waals surface area contributed by atoms with Gasteiger partial charge in [-0.2, -0.15) is 0 Å². The number of alkyl halides is 2. The van der Waals surface area contributed by atoms with Crippen LogP contribution in [-0.2, 0) is 0 Å². The minimum atomic E-state index is -0.928. The molecule has 1 aliphatic rings. The molecular weight excluding hydrogens is 214 g/mol. The Kier molecular flexibility index (Phi) is 1.87. The van der Waals surface area contributed by atoms with Crippen molar-refractivity contribution in [2.45, 2.75) is 4.33 Å². The molecule has 0 N–H and O–H groups in total. The first-order chi connectivity index (χ1) is 5.64. The monoisotopic (exact) mass is 218 g/mol. The lowest BCUT2D eigenvalue weighted by Crippen LogP contribution is -1.90. The van der Waals surface area contributed by atoms with Gasteiger partial charge in [-0.25, -0.2) is 0 Å². The molecule has 1 aromatic carbocycles. The van der Waals surface area contributed by atoms with E-state index in [0.29, 0.717) is 5.03 Å². The molecule has 0 aliphatic heterocycles. The Labute approximate surface area is 85.7 Å². The highest BCUT2D eigenvalue weighted by Gasteiger charge is 2.50. The van der Waals surface area contributed by atoms with Crippen LogP contribution in [0.4, 0.5) is 0 Å². The number of hydrogen-bond donors (Lipinski definition) is 0. The summed E-state index contributed by atoms with van der Waals surface area (Å²) in [6, 6.07) is 9.66. The van der Waals surface area contributed by atoms with Crippen molar-refractivity contribution in [3.63, 3.8) is 0 Å². The van der Waals surface area contributed by atoms with Gasteiger partial charge in [-0.1, -0.05) is 65.1 Å². The lowest BCUT2D eigenvalue weighted by Gasteiger charge is -1.97. The molecule has 1 aliphatic carbocycles. The van der Waals surface area contributed by atoms with Gasteiger partial charge in [-0.3, -0.25) is 0 Å². The Morgan fingerprint density at radius 1 is 1.00 bits per heavy atom. The fourth-order valence-electron chi connectivity index (χ4n) is 1.12. The van der Waals surface area contributed by atoms with Gasteiger partial charge in [0.25, 0.3) is 0 Å². The molecule has 0 saturated heterocycles. The van der Waals surface area contributed by atoms with E-state index in [0.717, 1.165) is 11.1 Å². The second-order valence-corrected chi connectivity index (χ2v) is 4.33. The molecule has 0 saturated carbocycles. The summed E-state index contributed by atoms with van der Waals surface area (Å²) in [6.45, 7) is 0. The van der Waals surface area contributed by atoms with E-state index < -0.39 is 4.33 Å². The zero-order valence-electron chi connectivity index (χ0n) is 6.02. The van der Waals surface area contributed by atoms with Gasteiger partial charge in [-0.15, -0.1) is 0 Å². The van der Waals surface area contributed by atoms with Crippen LogP contribution in [0.25, 0.3) is 5.57 Å². The third-order valence-corrected chi connectivity index (χ3v) is 3.23. The maximum Gasteiger partial charge on any atom is 0.180 e. The number of halogens is 3. The normalized spacial score (nSPS) is 19.6. The van der Waals surface area contributed by atoms with Crippen LogP contribution in [0.15, 0.2) is 35.4 Å². The first-order valence-electron chi connectivity index (χ1n) is 3.48. The Morgan fingerprint density at radius 3 is 1.92 bits per heavy atom. The zero-order valence-corrected chi connectivity index (χ0v) is 8.29. The van der Waals surface area contributed by atoms with Crippen LogP contribution in [-0.4, -0.2) is 4.33 Å². The largest absolute Gasteiger partial charge is 0.180 e. The summed E-state index contributed by atoms with van der Waals surface area (Å²) in [5, 5.41) is 0.539. The van der Waals surface area contributed by atoms with Crippen molar-refractivity contribution in [1.29, 1.82) is 0 Å². The first kappa shape index (κ1) is 8.43. The van der Waals surface area contributed by atoms with Gasteiger partial charge in [0, 0.05) is 5.57 Å². The Morgan fingerprint density at radius 2 is 1.50 bits per heavy atom. The highest BCUT2D eigenvalue weighted by Crippen LogP contribution is 2.60. The minimum absolute atomic E-state index is 0.539. The average Bonchev–Trinajstić information content (AvgIpc) is 2.53. The summed E-state index contributed by atoms with van der Waals surface area (Å²) >= 11 is 17.5. The van der Waals surface area contributed by atoms with Crippen LogP contribution in [0.2, 0.25) is 0 Å². The van der Waals surface area contributed by atoms with E-state index in [2.05, 4.69) is 0 Å². The van der Waals surface area contributed by atoms with Gasteiger partial charge < -0.3 is 0 Å². The summed E-state index contributed by atoms with van der Waals surface area (Å²) in [5.74, 6) is 0. The number of hydrogen-bond acceptors (Lipinski definition) is 0. The molecule has 12 heavy (non-hydrogen) atoms. The summed E-state index contributed by atoms with van der Waals surface area (Å²) in [6.07, 6.45) is 0. The fourth-order valence-corrected chi connectivity index (χ4v) is 2.02. The van der Waals surface area contributed by atoms with Crippen LogP contribution < -0.4 is 0 Å². The van der Waals surface area contributed by atoms with Crippen LogP contribution >= 0.6 is 34.8 Å². The lowest BCUT2D eigenvalue weighted by molar-refractivity contribution is 1.48. The molecule has 0 amide bonds. The van der Waals surface area contributed by atoms with E-state index in [9.17, 15) is 0 Å². The highest BCUT2D eigenvalue weighted by molar-refractivity contribution is 6.69. The van der Waals surface area contributed by atoms with Crippen molar-refractivity contribution in [2.24, 2.45) is 0 Å². The molecule has 0 spiro atoms.